The average Bonchev–Trinajstić information content (AvgIpc) is 2.99. The quantitative estimate of drug-likeness (QED) is 0.0764. The smallest absolute Gasteiger partial charge is 0.368 e. The number of ether oxygens (including phenoxy) is 2. The Morgan fingerprint density at radius 3 is 1.35 bits per heavy atom. The van der Waals surface area contributed by atoms with Gasteiger partial charge >= 0.3 is 7.82 Å². The summed E-state index contributed by atoms with van der Waals surface area (Å²) in [4.78, 5) is 10.1. The molecule has 0 fully saturated rings. The zero-order valence-corrected chi connectivity index (χ0v) is 28.9. The van der Waals surface area contributed by atoms with Crippen LogP contribution in [0, 0.1) is 0 Å². The van der Waals surface area contributed by atoms with Gasteiger partial charge in [0.25, 0.3) is 0 Å². The number of unbranched alkanes of at least 4 members (excludes halogenated alkanes) is 12. The van der Waals surface area contributed by atoms with Crippen molar-refractivity contribution in [3.63, 3.8) is 0 Å². The van der Waals surface area contributed by atoms with Crippen molar-refractivity contribution in [3.05, 3.63) is 47.6 Å². The Morgan fingerprint density at radius 1 is 0.628 bits per heavy atom. The maximum absolute atomic E-state index is 12.3. The van der Waals surface area contributed by atoms with Crippen molar-refractivity contribution in [1.82, 2.24) is 0 Å². The first-order valence-corrected chi connectivity index (χ1v) is 18.8. The summed E-state index contributed by atoms with van der Waals surface area (Å²) in [6.45, 7) is 8.97. The summed E-state index contributed by atoms with van der Waals surface area (Å²) in [6, 6.07) is 0. The molecular weight excluding hydrogens is 559 g/mol. The maximum atomic E-state index is 12.3. The van der Waals surface area contributed by atoms with Gasteiger partial charge in [0.1, 0.15) is 0 Å². The molecule has 1 N–H and O–H groups in total. The van der Waals surface area contributed by atoms with E-state index < -0.39 is 19.0 Å². The highest BCUT2D eigenvalue weighted by molar-refractivity contribution is 7.47. The summed E-state index contributed by atoms with van der Waals surface area (Å²) < 4.78 is 34.6. The van der Waals surface area contributed by atoms with E-state index in [-0.39, 0.29) is 26.4 Å². The number of allylic oxidation sites excluding steroid dienone is 4. The molecule has 7 heteroatoms. The molecule has 2 unspecified atom stereocenters. The summed E-state index contributed by atoms with van der Waals surface area (Å²) >= 11 is 0. The SMILES string of the molecule is CCCCCCCCCC1=CCC(C)(OCCOP(=O)(O)OCCOC2(C)C=CC(CCCCCCCCC)=CC2)C=C1. The molecule has 2 aliphatic carbocycles. The first-order chi connectivity index (χ1) is 20.7. The lowest BCUT2D eigenvalue weighted by molar-refractivity contribution is -0.0229. The van der Waals surface area contributed by atoms with E-state index in [0.29, 0.717) is 0 Å². The molecule has 0 aromatic carbocycles. The van der Waals surface area contributed by atoms with Crippen LogP contribution in [0.15, 0.2) is 47.6 Å². The Morgan fingerprint density at radius 2 is 1.00 bits per heavy atom. The molecule has 2 atom stereocenters. The molecule has 0 heterocycles. The first kappa shape index (κ1) is 38.2. The molecule has 0 amide bonds. The summed E-state index contributed by atoms with van der Waals surface area (Å²) in [6.07, 6.45) is 35.3. The van der Waals surface area contributed by atoms with E-state index in [2.05, 4.69) is 50.3 Å². The molecule has 6 nitrogen and oxygen atoms in total. The predicted octanol–water partition coefficient (Wildman–Crippen LogP) is 10.7. The summed E-state index contributed by atoms with van der Waals surface area (Å²) in [5.74, 6) is 0. The topological polar surface area (TPSA) is 74.2 Å². The van der Waals surface area contributed by atoms with Gasteiger partial charge in [-0.3, -0.25) is 9.05 Å². The van der Waals surface area contributed by atoms with Crippen molar-refractivity contribution in [1.29, 1.82) is 0 Å². The molecule has 0 aliphatic heterocycles. The first-order valence-electron chi connectivity index (χ1n) is 17.4. The van der Waals surface area contributed by atoms with Gasteiger partial charge in [0.2, 0.25) is 0 Å². The van der Waals surface area contributed by atoms with Crippen molar-refractivity contribution in [2.75, 3.05) is 26.4 Å². The normalized spacial score (nSPS) is 23.3. The number of phosphoric acid groups is 1. The van der Waals surface area contributed by atoms with Crippen molar-refractivity contribution < 1.29 is 28.0 Å². The molecule has 0 saturated carbocycles. The van der Waals surface area contributed by atoms with Gasteiger partial charge in [-0.15, -0.1) is 0 Å². The van der Waals surface area contributed by atoms with Crippen LogP contribution in [0.3, 0.4) is 0 Å². The van der Waals surface area contributed by atoms with Gasteiger partial charge in [0, 0.05) is 0 Å². The Kier molecular flexibility index (Phi) is 19.2. The third kappa shape index (κ3) is 17.9. The summed E-state index contributed by atoms with van der Waals surface area (Å²) in [5.41, 5.74) is 1.90. The fourth-order valence-corrected chi connectivity index (χ4v) is 6.24. The zero-order valence-electron chi connectivity index (χ0n) is 28.0. The minimum Gasteiger partial charge on any atom is -0.368 e. The molecule has 0 spiro atoms. The molecule has 2 aliphatic rings. The highest BCUT2D eigenvalue weighted by atomic mass is 31.2. The Bertz CT molecular complexity index is 855. The van der Waals surface area contributed by atoms with E-state index in [1.807, 2.05) is 13.8 Å². The van der Waals surface area contributed by atoms with Gasteiger partial charge in [-0.05, 0) is 52.4 Å². The predicted molar refractivity (Wildman–Crippen MR) is 179 cm³/mol. The number of rotatable bonds is 26. The van der Waals surface area contributed by atoms with Crippen LogP contribution in [0.25, 0.3) is 0 Å². The Hall–Kier alpha value is -1.01. The number of phosphoric ester groups is 1. The zero-order chi connectivity index (χ0) is 31.3. The number of hydrogen-bond donors (Lipinski definition) is 1. The Balaban J connectivity index is 1.52. The number of hydrogen-bond acceptors (Lipinski definition) is 5. The summed E-state index contributed by atoms with van der Waals surface area (Å²) in [7, 11) is -4.17. The fourth-order valence-electron chi connectivity index (χ4n) is 5.56. The van der Waals surface area contributed by atoms with E-state index in [0.717, 1.165) is 25.7 Å². The minimum absolute atomic E-state index is 0.0145. The molecule has 248 valence electrons. The lowest BCUT2D eigenvalue weighted by atomic mass is 9.91. The van der Waals surface area contributed by atoms with Crippen LogP contribution >= 0.6 is 7.82 Å². The maximum Gasteiger partial charge on any atom is 0.472 e. The molecule has 0 aromatic rings. The van der Waals surface area contributed by atoms with Crippen LogP contribution in [-0.4, -0.2) is 42.5 Å². The third-order valence-electron chi connectivity index (χ3n) is 8.52. The second-order valence-electron chi connectivity index (χ2n) is 12.8. The van der Waals surface area contributed by atoms with Crippen molar-refractivity contribution in [2.45, 2.75) is 154 Å². The molecule has 0 saturated heterocycles. The van der Waals surface area contributed by atoms with E-state index in [1.165, 1.54) is 101 Å². The van der Waals surface area contributed by atoms with Crippen LogP contribution in [0.1, 0.15) is 143 Å². The second-order valence-corrected chi connectivity index (χ2v) is 14.3. The average molecular weight is 623 g/mol. The lowest BCUT2D eigenvalue weighted by Crippen LogP contribution is -2.29. The molecule has 43 heavy (non-hydrogen) atoms. The van der Waals surface area contributed by atoms with Crippen LogP contribution in [0.5, 0.6) is 0 Å². The van der Waals surface area contributed by atoms with Crippen molar-refractivity contribution in [3.8, 4) is 0 Å². The third-order valence-corrected chi connectivity index (χ3v) is 9.53. The van der Waals surface area contributed by atoms with E-state index in [1.54, 1.807) is 0 Å². The van der Waals surface area contributed by atoms with Crippen LogP contribution in [0.2, 0.25) is 0 Å². The van der Waals surface area contributed by atoms with Crippen molar-refractivity contribution >= 4 is 7.82 Å². The highest BCUT2D eigenvalue weighted by Crippen LogP contribution is 2.43. The summed E-state index contributed by atoms with van der Waals surface area (Å²) in [5, 5.41) is 0. The van der Waals surface area contributed by atoms with Gasteiger partial charge in [0.15, 0.2) is 0 Å². The fraction of sp³-hybridized carbons (Fsp3) is 0.778. The molecule has 0 aromatic heterocycles. The highest BCUT2D eigenvalue weighted by Gasteiger charge is 2.27. The van der Waals surface area contributed by atoms with E-state index in [9.17, 15) is 9.46 Å². The molecule has 0 radical (unpaired) electrons. The van der Waals surface area contributed by atoms with E-state index in [4.69, 9.17) is 18.5 Å². The van der Waals surface area contributed by atoms with Gasteiger partial charge in [-0.1, -0.05) is 138 Å². The van der Waals surface area contributed by atoms with Crippen LogP contribution in [0.4, 0.5) is 0 Å². The van der Waals surface area contributed by atoms with Gasteiger partial charge in [-0.2, -0.15) is 0 Å². The molecular formula is C36H63O6P. The molecule has 0 bridgehead atoms. The minimum atomic E-state index is -4.17. The van der Waals surface area contributed by atoms with Gasteiger partial charge in [-0.25, -0.2) is 4.57 Å². The lowest BCUT2D eigenvalue weighted by Gasteiger charge is -2.29. The standard InChI is InChI=1S/C36H63O6P/c1-5-7-9-11-13-15-17-19-33-21-25-35(3,26-22-33)39-29-31-41-43(37,38)42-32-30-40-36(4)27-23-34(24-28-36)20-18-16-14-12-10-8-6-2/h21-25,27H,5-20,26,28-32H2,1-4H3,(H,37,38). The Labute approximate surface area is 264 Å². The molecule has 2 rings (SSSR count). The van der Waals surface area contributed by atoms with Gasteiger partial charge in [0.05, 0.1) is 37.6 Å². The van der Waals surface area contributed by atoms with Crippen molar-refractivity contribution in [2.24, 2.45) is 0 Å². The second kappa shape index (κ2) is 21.7. The van der Waals surface area contributed by atoms with E-state index >= 15 is 0 Å². The monoisotopic (exact) mass is 622 g/mol. The van der Waals surface area contributed by atoms with Crippen LogP contribution in [-0.2, 0) is 23.1 Å². The van der Waals surface area contributed by atoms with Gasteiger partial charge < -0.3 is 14.4 Å². The van der Waals surface area contributed by atoms with Crippen LogP contribution < -0.4 is 0 Å². The largest absolute Gasteiger partial charge is 0.472 e.